The number of hydrogen-bond acceptors (Lipinski definition) is 3. The van der Waals surface area contributed by atoms with Gasteiger partial charge in [0.05, 0.1) is 5.56 Å². The third-order valence-corrected chi connectivity index (χ3v) is 3.47. The molecule has 1 rings (SSSR count). The van der Waals surface area contributed by atoms with E-state index in [9.17, 15) is 0 Å². The van der Waals surface area contributed by atoms with Crippen molar-refractivity contribution in [2.45, 2.75) is 40.7 Å². The third kappa shape index (κ3) is 3.00. The molecule has 4 nitrogen and oxygen atoms in total. The Morgan fingerprint density at radius 3 is 2.39 bits per heavy atom. The van der Waals surface area contributed by atoms with Gasteiger partial charge in [0.2, 0.25) is 0 Å². The van der Waals surface area contributed by atoms with Crippen LogP contribution in [0.4, 0.5) is 5.82 Å². The van der Waals surface area contributed by atoms with Crippen molar-refractivity contribution in [3.63, 3.8) is 0 Å². The van der Waals surface area contributed by atoms with Gasteiger partial charge in [-0.05, 0) is 31.4 Å². The highest BCUT2D eigenvalue weighted by atomic mass is 15.2. The van der Waals surface area contributed by atoms with Crippen LogP contribution in [0.25, 0.3) is 0 Å². The predicted octanol–water partition coefficient (Wildman–Crippen LogP) is 2.54. The average Bonchev–Trinajstić information content (AvgIpc) is 2.25. The topological polar surface area (TPSA) is 66.0 Å². The van der Waals surface area contributed by atoms with Gasteiger partial charge in [-0.2, -0.15) is 0 Å². The lowest BCUT2D eigenvalue weighted by Crippen LogP contribution is -2.41. The van der Waals surface area contributed by atoms with E-state index in [1.165, 1.54) is 0 Å². The second kappa shape index (κ2) is 4.96. The second-order valence-electron chi connectivity index (χ2n) is 5.89. The van der Waals surface area contributed by atoms with Gasteiger partial charge in [-0.25, -0.2) is 4.98 Å². The Labute approximate surface area is 110 Å². The fourth-order valence-electron chi connectivity index (χ4n) is 1.79. The van der Waals surface area contributed by atoms with Crippen LogP contribution in [0.1, 0.15) is 39.0 Å². The van der Waals surface area contributed by atoms with Gasteiger partial charge in [-0.3, -0.25) is 5.41 Å². The number of amidine groups is 1. The minimum absolute atomic E-state index is 0.0606. The molecular formula is C14H24N4. The summed E-state index contributed by atoms with van der Waals surface area (Å²) in [7, 11) is 2.00. The molecule has 0 aliphatic heterocycles. The fourth-order valence-corrected chi connectivity index (χ4v) is 1.79. The van der Waals surface area contributed by atoms with Crippen molar-refractivity contribution in [3.8, 4) is 0 Å². The van der Waals surface area contributed by atoms with Crippen molar-refractivity contribution in [1.82, 2.24) is 4.98 Å². The van der Waals surface area contributed by atoms with E-state index in [2.05, 4.69) is 37.6 Å². The van der Waals surface area contributed by atoms with Crippen molar-refractivity contribution in [3.05, 3.63) is 23.4 Å². The number of anilines is 1. The quantitative estimate of drug-likeness (QED) is 0.638. The summed E-state index contributed by atoms with van der Waals surface area (Å²) in [5, 5.41) is 7.65. The molecule has 1 atom stereocenters. The Morgan fingerprint density at radius 2 is 1.94 bits per heavy atom. The first-order valence-electron chi connectivity index (χ1n) is 6.19. The Kier molecular flexibility index (Phi) is 3.99. The lowest BCUT2D eigenvalue weighted by Gasteiger charge is -2.37. The smallest absolute Gasteiger partial charge is 0.139 e. The van der Waals surface area contributed by atoms with Gasteiger partial charge in [0.1, 0.15) is 11.7 Å². The molecule has 1 aromatic rings. The van der Waals surface area contributed by atoms with E-state index in [0.29, 0.717) is 11.6 Å². The predicted molar refractivity (Wildman–Crippen MR) is 77.3 cm³/mol. The maximum atomic E-state index is 7.65. The lowest BCUT2D eigenvalue weighted by atomic mass is 9.87. The molecule has 0 amide bonds. The molecule has 3 N–H and O–H groups in total. The Morgan fingerprint density at radius 1 is 1.39 bits per heavy atom. The van der Waals surface area contributed by atoms with E-state index >= 15 is 0 Å². The zero-order valence-corrected chi connectivity index (χ0v) is 12.2. The molecular weight excluding hydrogens is 224 g/mol. The van der Waals surface area contributed by atoms with Gasteiger partial charge >= 0.3 is 0 Å². The lowest BCUT2D eigenvalue weighted by molar-refractivity contribution is 0.328. The SMILES string of the molecule is Cc1ccc(C(=N)N)c(N(C)C(C)C(C)(C)C)n1. The molecule has 0 aliphatic carbocycles. The van der Waals surface area contributed by atoms with Gasteiger partial charge in [-0.15, -0.1) is 0 Å². The number of hydrogen-bond donors (Lipinski definition) is 2. The molecule has 0 aliphatic rings. The molecule has 1 unspecified atom stereocenters. The van der Waals surface area contributed by atoms with Gasteiger partial charge in [-0.1, -0.05) is 20.8 Å². The first kappa shape index (κ1) is 14.5. The Hall–Kier alpha value is -1.58. The molecule has 0 bridgehead atoms. The maximum Gasteiger partial charge on any atom is 0.139 e. The van der Waals surface area contributed by atoms with Crippen LogP contribution >= 0.6 is 0 Å². The van der Waals surface area contributed by atoms with Gasteiger partial charge in [0.25, 0.3) is 0 Å². The molecule has 18 heavy (non-hydrogen) atoms. The molecule has 0 aromatic carbocycles. The van der Waals surface area contributed by atoms with Crippen molar-refractivity contribution in [1.29, 1.82) is 5.41 Å². The summed E-state index contributed by atoms with van der Waals surface area (Å²) in [5.41, 5.74) is 7.39. The molecule has 1 heterocycles. The average molecular weight is 248 g/mol. The summed E-state index contributed by atoms with van der Waals surface area (Å²) in [5.74, 6) is 0.843. The van der Waals surface area contributed by atoms with Gasteiger partial charge in [0, 0.05) is 18.8 Å². The number of nitrogen functional groups attached to an aromatic ring is 1. The van der Waals surface area contributed by atoms with E-state index in [1.54, 1.807) is 0 Å². The summed E-state index contributed by atoms with van der Waals surface area (Å²) in [6, 6.07) is 4.05. The number of pyridine rings is 1. The molecule has 0 fully saturated rings. The van der Waals surface area contributed by atoms with E-state index in [0.717, 1.165) is 11.5 Å². The monoisotopic (exact) mass is 248 g/mol. The molecule has 1 aromatic heterocycles. The number of aryl methyl sites for hydroxylation is 1. The molecule has 4 heteroatoms. The van der Waals surface area contributed by atoms with Crippen LogP contribution in [0.15, 0.2) is 12.1 Å². The zero-order valence-electron chi connectivity index (χ0n) is 12.2. The first-order valence-corrected chi connectivity index (χ1v) is 6.19. The van der Waals surface area contributed by atoms with Gasteiger partial charge < -0.3 is 10.6 Å². The standard InChI is InChI=1S/C14H24N4/c1-9-7-8-11(12(15)16)13(17-9)18(6)10(2)14(3,4)5/h7-8,10H,1-6H3,(H3,15,16). The molecule has 100 valence electrons. The molecule has 0 saturated carbocycles. The van der Waals surface area contributed by atoms with Crippen LogP contribution < -0.4 is 10.6 Å². The minimum Gasteiger partial charge on any atom is -0.384 e. The van der Waals surface area contributed by atoms with Crippen LogP contribution in [0.3, 0.4) is 0 Å². The first-order chi connectivity index (χ1) is 8.14. The number of aromatic nitrogens is 1. The largest absolute Gasteiger partial charge is 0.384 e. The number of nitrogens with zero attached hydrogens (tertiary/aromatic N) is 2. The fraction of sp³-hybridized carbons (Fsp3) is 0.571. The number of nitrogens with one attached hydrogen (secondary N) is 1. The Bertz CT molecular complexity index is 446. The summed E-state index contributed by atoms with van der Waals surface area (Å²) in [4.78, 5) is 6.63. The van der Waals surface area contributed by atoms with Gasteiger partial charge in [0.15, 0.2) is 0 Å². The summed E-state index contributed by atoms with van der Waals surface area (Å²) in [6.45, 7) is 10.7. The highest BCUT2D eigenvalue weighted by Crippen LogP contribution is 2.28. The van der Waals surface area contributed by atoms with Crippen LogP contribution in [0.2, 0.25) is 0 Å². The number of nitrogens with two attached hydrogens (primary N) is 1. The highest BCUT2D eigenvalue weighted by Gasteiger charge is 2.26. The van der Waals surface area contributed by atoms with Crippen LogP contribution in [-0.2, 0) is 0 Å². The molecule has 0 saturated heterocycles. The van der Waals surface area contributed by atoms with E-state index in [1.807, 2.05) is 26.1 Å². The molecule has 0 radical (unpaired) electrons. The Balaban J connectivity index is 3.23. The van der Waals surface area contributed by atoms with Crippen LogP contribution in [0, 0.1) is 17.7 Å². The minimum atomic E-state index is 0.0606. The van der Waals surface area contributed by atoms with Crippen molar-refractivity contribution in [2.75, 3.05) is 11.9 Å². The third-order valence-electron chi connectivity index (χ3n) is 3.47. The summed E-state index contributed by atoms with van der Waals surface area (Å²) >= 11 is 0. The van der Waals surface area contributed by atoms with E-state index in [-0.39, 0.29) is 11.3 Å². The van der Waals surface area contributed by atoms with Crippen molar-refractivity contribution < 1.29 is 0 Å². The second-order valence-corrected chi connectivity index (χ2v) is 5.89. The van der Waals surface area contributed by atoms with Crippen molar-refractivity contribution in [2.24, 2.45) is 11.1 Å². The highest BCUT2D eigenvalue weighted by molar-refractivity contribution is 5.99. The normalized spacial score (nSPS) is 13.2. The zero-order chi connectivity index (χ0) is 14.1. The molecule has 0 spiro atoms. The van der Waals surface area contributed by atoms with Crippen LogP contribution in [0.5, 0.6) is 0 Å². The van der Waals surface area contributed by atoms with E-state index < -0.39 is 0 Å². The summed E-state index contributed by atoms with van der Waals surface area (Å²) in [6.07, 6.45) is 0. The van der Waals surface area contributed by atoms with Crippen molar-refractivity contribution >= 4 is 11.7 Å². The maximum absolute atomic E-state index is 7.65. The van der Waals surface area contributed by atoms with E-state index in [4.69, 9.17) is 11.1 Å². The number of rotatable bonds is 3. The summed E-state index contributed by atoms with van der Waals surface area (Å²) < 4.78 is 0. The van der Waals surface area contributed by atoms with Crippen LogP contribution in [-0.4, -0.2) is 23.9 Å².